The fourth-order valence-electron chi connectivity index (χ4n) is 2.23. The average Bonchev–Trinajstić information content (AvgIpc) is 2.87. The molecule has 0 fully saturated rings. The monoisotopic (exact) mass is 359 g/mol. The first-order valence-electron chi connectivity index (χ1n) is 6.95. The zero-order chi connectivity index (χ0) is 18.2. The lowest BCUT2D eigenvalue weighted by Crippen LogP contribution is -2.11. The molecule has 3 aromatic rings. The van der Waals surface area contributed by atoms with Crippen LogP contribution in [0.25, 0.3) is 10.9 Å². The predicted octanol–water partition coefficient (Wildman–Crippen LogP) is 2.04. The first kappa shape index (κ1) is 16.6. The van der Waals surface area contributed by atoms with E-state index >= 15 is 0 Å². The summed E-state index contributed by atoms with van der Waals surface area (Å²) in [6.45, 7) is 0. The number of aromatic amines is 1. The largest absolute Gasteiger partial charge is 0.493 e. The molecule has 0 saturated carbocycles. The number of H-pyrrole nitrogens is 1. The molecule has 0 aliphatic carbocycles. The minimum atomic E-state index is -3.79. The molecule has 1 amide bonds. The van der Waals surface area contributed by atoms with E-state index in [1.807, 2.05) is 0 Å². The van der Waals surface area contributed by atoms with Crippen molar-refractivity contribution in [2.45, 2.75) is 4.90 Å². The smallest absolute Gasteiger partial charge is 0.248 e. The Balaban J connectivity index is 1.99. The molecule has 1 heterocycles. The van der Waals surface area contributed by atoms with Crippen LogP contribution in [-0.4, -0.2) is 24.4 Å². The van der Waals surface area contributed by atoms with Crippen LogP contribution in [0.2, 0.25) is 0 Å². The lowest BCUT2D eigenvalue weighted by Gasteiger charge is -1.98. The number of nitrogens with one attached hydrogen (secondary N) is 1. The van der Waals surface area contributed by atoms with E-state index < -0.39 is 15.9 Å². The number of sulfonamides is 1. The van der Waals surface area contributed by atoms with Crippen LogP contribution in [0.15, 0.2) is 57.6 Å². The van der Waals surface area contributed by atoms with Crippen molar-refractivity contribution in [3.05, 3.63) is 48.0 Å². The summed E-state index contributed by atoms with van der Waals surface area (Å²) in [6.07, 6.45) is 0. The molecular weight excluding hydrogens is 346 g/mol. The number of azo groups is 1. The first-order valence-corrected chi connectivity index (χ1v) is 8.49. The van der Waals surface area contributed by atoms with Crippen LogP contribution >= 0.6 is 0 Å². The third kappa shape index (κ3) is 3.34. The topological polar surface area (TPSA) is 164 Å². The number of aromatic nitrogens is 1. The molecule has 2 aromatic carbocycles. The van der Waals surface area contributed by atoms with E-state index in [0.29, 0.717) is 16.6 Å². The predicted molar refractivity (Wildman–Crippen MR) is 90.5 cm³/mol. The highest BCUT2D eigenvalue weighted by molar-refractivity contribution is 7.89. The number of nitrogens with zero attached hydrogens (tertiary/aromatic N) is 2. The van der Waals surface area contributed by atoms with E-state index in [1.54, 1.807) is 6.07 Å². The summed E-state index contributed by atoms with van der Waals surface area (Å²) in [5, 5.41) is 23.4. The molecule has 0 radical (unpaired) electrons. The van der Waals surface area contributed by atoms with Crippen molar-refractivity contribution in [1.82, 2.24) is 4.98 Å². The third-order valence-electron chi connectivity index (χ3n) is 3.47. The number of rotatable bonds is 4. The molecular formula is C15H13N5O4S. The highest BCUT2D eigenvalue weighted by atomic mass is 32.2. The molecule has 0 unspecified atom stereocenters. The number of aromatic hydroxyl groups is 1. The first-order chi connectivity index (χ1) is 11.8. The summed E-state index contributed by atoms with van der Waals surface area (Å²) in [7, 11) is -3.79. The van der Waals surface area contributed by atoms with E-state index in [4.69, 9.17) is 10.9 Å². The molecule has 3 rings (SSSR count). The van der Waals surface area contributed by atoms with Gasteiger partial charge in [-0.25, -0.2) is 13.6 Å². The maximum absolute atomic E-state index is 11.3. The van der Waals surface area contributed by atoms with Gasteiger partial charge in [-0.2, -0.15) is 5.11 Å². The van der Waals surface area contributed by atoms with Crippen LogP contribution in [0.1, 0.15) is 10.4 Å². The van der Waals surface area contributed by atoms with Gasteiger partial charge in [0.25, 0.3) is 0 Å². The second-order valence-corrected chi connectivity index (χ2v) is 6.75. The summed E-state index contributed by atoms with van der Waals surface area (Å²) in [4.78, 5) is 14.0. The molecule has 0 atom stereocenters. The SMILES string of the molecule is NC(=O)c1ccc2[nH]c(O)c(N=Nc3ccc(S(N)(=O)=O)cc3)c2c1. The Morgan fingerprint density at radius 3 is 2.36 bits per heavy atom. The summed E-state index contributed by atoms with van der Waals surface area (Å²) in [5.74, 6) is -0.828. The number of carbonyl (C=O) groups is 1. The van der Waals surface area contributed by atoms with Gasteiger partial charge < -0.3 is 15.8 Å². The Bertz CT molecular complexity index is 1100. The number of hydrogen-bond acceptors (Lipinski definition) is 6. The maximum Gasteiger partial charge on any atom is 0.248 e. The number of amides is 1. The van der Waals surface area contributed by atoms with Gasteiger partial charge in [-0.3, -0.25) is 4.79 Å². The van der Waals surface area contributed by atoms with E-state index in [9.17, 15) is 18.3 Å². The van der Waals surface area contributed by atoms with Crippen molar-refractivity contribution in [2.75, 3.05) is 0 Å². The number of nitrogens with two attached hydrogens (primary N) is 2. The molecule has 0 spiro atoms. The molecule has 6 N–H and O–H groups in total. The van der Waals surface area contributed by atoms with Crippen molar-refractivity contribution >= 4 is 38.2 Å². The second kappa shape index (κ2) is 6.00. The normalized spacial score (nSPS) is 12.0. The van der Waals surface area contributed by atoms with Crippen LogP contribution < -0.4 is 10.9 Å². The number of primary sulfonamides is 1. The van der Waals surface area contributed by atoms with Crippen molar-refractivity contribution in [3.8, 4) is 5.88 Å². The molecule has 0 saturated heterocycles. The summed E-state index contributed by atoms with van der Waals surface area (Å²) >= 11 is 0. The van der Waals surface area contributed by atoms with Gasteiger partial charge in [0, 0.05) is 10.9 Å². The van der Waals surface area contributed by atoms with Crippen molar-refractivity contribution in [3.63, 3.8) is 0 Å². The van der Waals surface area contributed by atoms with E-state index in [1.165, 1.54) is 36.4 Å². The molecule has 128 valence electrons. The highest BCUT2D eigenvalue weighted by Crippen LogP contribution is 2.36. The highest BCUT2D eigenvalue weighted by Gasteiger charge is 2.13. The van der Waals surface area contributed by atoms with E-state index in [0.717, 1.165) is 0 Å². The zero-order valence-corrected chi connectivity index (χ0v) is 13.5. The molecule has 10 heteroatoms. The van der Waals surface area contributed by atoms with Crippen molar-refractivity contribution < 1.29 is 18.3 Å². The molecule has 1 aromatic heterocycles. The van der Waals surface area contributed by atoms with Crippen molar-refractivity contribution in [1.29, 1.82) is 0 Å². The Morgan fingerprint density at radius 2 is 1.76 bits per heavy atom. The van der Waals surface area contributed by atoms with Crippen LogP contribution in [-0.2, 0) is 10.0 Å². The summed E-state index contributed by atoms with van der Waals surface area (Å²) in [6, 6.07) is 10.0. The summed E-state index contributed by atoms with van der Waals surface area (Å²) in [5.41, 5.74) is 6.56. The molecule has 0 aliphatic rings. The van der Waals surface area contributed by atoms with Crippen molar-refractivity contribution in [2.24, 2.45) is 21.1 Å². The van der Waals surface area contributed by atoms with Gasteiger partial charge in [-0.1, -0.05) is 0 Å². The Morgan fingerprint density at radius 1 is 1.08 bits per heavy atom. The van der Waals surface area contributed by atoms with Gasteiger partial charge in [-0.05, 0) is 42.5 Å². The second-order valence-electron chi connectivity index (χ2n) is 5.19. The minimum Gasteiger partial charge on any atom is -0.493 e. The van der Waals surface area contributed by atoms with Crippen LogP contribution in [0.3, 0.4) is 0 Å². The van der Waals surface area contributed by atoms with Gasteiger partial charge in [0.1, 0.15) is 0 Å². The Labute approximate surface area is 142 Å². The number of carbonyl (C=O) groups excluding carboxylic acids is 1. The minimum absolute atomic E-state index is 0.0486. The lowest BCUT2D eigenvalue weighted by atomic mass is 10.1. The van der Waals surface area contributed by atoms with Gasteiger partial charge >= 0.3 is 0 Å². The number of primary amides is 1. The molecule has 0 aliphatic heterocycles. The maximum atomic E-state index is 11.3. The van der Waals surface area contributed by atoms with E-state index in [2.05, 4.69) is 15.2 Å². The molecule has 0 bridgehead atoms. The third-order valence-corrected chi connectivity index (χ3v) is 4.40. The van der Waals surface area contributed by atoms with Gasteiger partial charge in [-0.15, -0.1) is 5.11 Å². The average molecular weight is 359 g/mol. The summed E-state index contributed by atoms with van der Waals surface area (Å²) < 4.78 is 22.4. The Kier molecular flexibility index (Phi) is 3.99. The number of fused-ring (bicyclic) bond motifs is 1. The van der Waals surface area contributed by atoms with Gasteiger partial charge in [0.05, 0.1) is 16.1 Å². The molecule has 25 heavy (non-hydrogen) atoms. The zero-order valence-electron chi connectivity index (χ0n) is 12.7. The van der Waals surface area contributed by atoms with Gasteiger partial charge in [0.2, 0.25) is 21.8 Å². The fraction of sp³-hybridized carbons (Fsp3) is 0. The van der Waals surface area contributed by atoms with Gasteiger partial charge in [0.15, 0.2) is 5.69 Å². The molecule has 9 nitrogen and oxygen atoms in total. The number of benzene rings is 2. The van der Waals surface area contributed by atoms with Crippen LogP contribution in [0.4, 0.5) is 11.4 Å². The standard InChI is InChI=1S/C15H13N5O4S/c16-14(21)8-1-6-12-11(7-8)13(15(22)18-12)20-19-9-2-4-10(5-3-9)25(17,23)24/h1-7,18,22H,(H2,16,21)(H2,17,23,24). The number of hydrogen-bond donors (Lipinski definition) is 4. The quantitative estimate of drug-likeness (QED) is 0.524. The Hall–Kier alpha value is -3.24. The fourth-order valence-corrected chi connectivity index (χ4v) is 2.74. The lowest BCUT2D eigenvalue weighted by molar-refractivity contribution is 0.100. The van der Waals surface area contributed by atoms with Crippen LogP contribution in [0, 0.1) is 0 Å². The van der Waals surface area contributed by atoms with E-state index in [-0.39, 0.29) is 22.0 Å². The van der Waals surface area contributed by atoms with Crippen LogP contribution in [0.5, 0.6) is 5.88 Å².